The van der Waals surface area contributed by atoms with Gasteiger partial charge >= 0.3 is 0 Å². The molecule has 0 aliphatic heterocycles. The Morgan fingerprint density at radius 2 is 1.95 bits per heavy atom. The van der Waals surface area contributed by atoms with E-state index in [0.717, 1.165) is 18.4 Å². The molecule has 0 unspecified atom stereocenters. The molecule has 1 aromatic carbocycles. The zero-order chi connectivity index (χ0) is 13.1. The van der Waals surface area contributed by atoms with Crippen molar-refractivity contribution in [1.29, 1.82) is 0 Å². The molecule has 0 amide bonds. The highest BCUT2D eigenvalue weighted by Crippen LogP contribution is 2.35. The van der Waals surface area contributed by atoms with Gasteiger partial charge in [0.05, 0.1) is 9.40 Å². The van der Waals surface area contributed by atoms with Crippen molar-refractivity contribution in [1.82, 2.24) is 0 Å². The summed E-state index contributed by atoms with van der Waals surface area (Å²) in [5, 5.41) is 10.9. The number of hydrogen-bond acceptors (Lipinski definition) is 3. The van der Waals surface area contributed by atoms with Crippen LogP contribution in [0.4, 0.5) is 5.69 Å². The van der Waals surface area contributed by atoms with Gasteiger partial charge in [-0.2, -0.15) is 0 Å². The minimum absolute atomic E-state index is 0. The van der Waals surface area contributed by atoms with E-state index < -0.39 is 0 Å². The van der Waals surface area contributed by atoms with E-state index in [0.29, 0.717) is 10.4 Å². The van der Waals surface area contributed by atoms with Crippen LogP contribution in [-0.2, 0) is 0 Å². The number of nitrogens with zero attached hydrogens (tertiary/aromatic N) is 1. The van der Waals surface area contributed by atoms with E-state index in [1.165, 1.54) is 19.3 Å². The van der Waals surface area contributed by atoms with Crippen molar-refractivity contribution in [3.05, 3.63) is 38.3 Å². The summed E-state index contributed by atoms with van der Waals surface area (Å²) in [6.07, 6.45) is 5.98. The highest BCUT2D eigenvalue weighted by Gasteiger charge is 2.23. The van der Waals surface area contributed by atoms with Crippen LogP contribution in [0.1, 0.15) is 43.7 Å². The van der Waals surface area contributed by atoms with Crippen molar-refractivity contribution in [2.24, 2.45) is 11.7 Å². The van der Waals surface area contributed by atoms with Gasteiger partial charge in [0.1, 0.15) is 0 Å². The molecule has 0 heterocycles. The van der Waals surface area contributed by atoms with Gasteiger partial charge in [0, 0.05) is 12.1 Å². The molecule has 0 aromatic heterocycles. The van der Waals surface area contributed by atoms with Gasteiger partial charge in [-0.25, -0.2) is 0 Å². The van der Waals surface area contributed by atoms with Crippen LogP contribution in [-0.4, -0.2) is 4.92 Å². The van der Waals surface area contributed by atoms with Gasteiger partial charge in [-0.1, -0.05) is 25.3 Å². The molecule has 0 spiro atoms. The highest BCUT2D eigenvalue weighted by atomic mass is 79.9. The molecule has 19 heavy (non-hydrogen) atoms. The number of halogens is 2. The van der Waals surface area contributed by atoms with Crippen molar-refractivity contribution >= 4 is 34.0 Å². The van der Waals surface area contributed by atoms with Crippen LogP contribution in [0, 0.1) is 16.0 Å². The SMILES string of the molecule is Cl.N[C@H](c1ccc(Br)c([N+](=O)[O-])c1)C1CCCCC1. The molecule has 1 saturated carbocycles. The Kier molecular flexibility index (Phi) is 6.23. The summed E-state index contributed by atoms with van der Waals surface area (Å²) >= 11 is 3.19. The van der Waals surface area contributed by atoms with Crippen molar-refractivity contribution in [3.63, 3.8) is 0 Å². The van der Waals surface area contributed by atoms with Crippen LogP contribution in [0.2, 0.25) is 0 Å². The van der Waals surface area contributed by atoms with Gasteiger partial charge in [-0.05, 0) is 46.3 Å². The number of nitrogens with two attached hydrogens (primary N) is 1. The Balaban J connectivity index is 0.00000180. The molecule has 4 nitrogen and oxygen atoms in total. The van der Waals surface area contributed by atoms with Crippen LogP contribution < -0.4 is 5.73 Å². The Labute approximate surface area is 127 Å². The van der Waals surface area contributed by atoms with Gasteiger partial charge in [-0.3, -0.25) is 10.1 Å². The van der Waals surface area contributed by atoms with Gasteiger partial charge in [0.25, 0.3) is 5.69 Å². The van der Waals surface area contributed by atoms with Crippen molar-refractivity contribution in [2.45, 2.75) is 38.1 Å². The predicted octanol–water partition coefficient (Wildman–Crippen LogP) is 4.36. The van der Waals surface area contributed by atoms with Crippen LogP contribution >= 0.6 is 28.3 Å². The summed E-state index contributed by atoms with van der Waals surface area (Å²) in [6, 6.07) is 5.12. The monoisotopic (exact) mass is 348 g/mol. The molecule has 6 heteroatoms. The number of hydrogen-bond donors (Lipinski definition) is 1. The quantitative estimate of drug-likeness (QED) is 0.651. The molecule has 0 saturated heterocycles. The lowest BCUT2D eigenvalue weighted by Gasteiger charge is -2.27. The molecule has 2 N–H and O–H groups in total. The van der Waals surface area contributed by atoms with E-state index >= 15 is 0 Å². The van der Waals surface area contributed by atoms with Crippen molar-refractivity contribution < 1.29 is 4.92 Å². The molecule has 0 radical (unpaired) electrons. The van der Waals surface area contributed by atoms with Gasteiger partial charge in [0.15, 0.2) is 0 Å². The average molecular weight is 350 g/mol. The van der Waals surface area contributed by atoms with Crippen LogP contribution in [0.3, 0.4) is 0 Å². The lowest BCUT2D eigenvalue weighted by Crippen LogP contribution is -2.23. The lowest BCUT2D eigenvalue weighted by atomic mass is 9.81. The molecule has 1 atom stereocenters. The maximum Gasteiger partial charge on any atom is 0.283 e. The topological polar surface area (TPSA) is 69.2 Å². The van der Waals surface area contributed by atoms with E-state index in [-0.39, 0.29) is 29.1 Å². The largest absolute Gasteiger partial charge is 0.324 e. The third kappa shape index (κ3) is 3.91. The standard InChI is InChI=1S/C13H17BrN2O2.ClH/c14-11-7-6-10(8-12(11)16(17)18)13(15)9-4-2-1-3-5-9;/h6-9,13H,1-5,15H2;1H/t13-;/m0./s1. The average Bonchev–Trinajstić information content (AvgIpc) is 2.39. The Morgan fingerprint density at radius 3 is 2.53 bits per heavy atom. The number of nitro benzene ring substituents is 1. The molecule has 106 valence electrons. The summed E-state index contributed by atoms with van der Waals surface area (Å²) < 4.78 is 0.507. The smallest absolute Gasteiger partial charge is 0.283 e. The number of rotatable bonds is 3. The summed E-state index contributed by atoms with van der Waals surface area (Å²) in [4.78, 5) is 10.5. The first-order chi connectivity index (χ1) is 8.59. The minimum atomic E-state index is -0.374. The third-order valence-corrected chi connectivity index (χ3v) is 4.38. The van der Waals surface area contributed by atoms with Crippen LogP contribution in [0.25, 0.3) is 0 Å². The second-order valence-electron chi connectivity index (χ2n) is 4.89. The minimum Gasteiger partial charge on any atom is -0.324 e. The Hall–Kier alpha value is -0.650. The fourth-order valence-corrected chi connectivity index (χ4v) is 3.03. The van der Waals surface area contributed by atoms with Gasteiger partial charge in [-0.15, -0.1) is 12.4 Å². The fourth-order valence-electron chi connectivity index (χ4n) is 2.64. The summed E-state index contributed by atoms with van der Waals surface area (Å²) in [7, 11) is 0. The Bertz CT molecular complexity index is 450. The van der Waals surface area contributed by atoms with E-state index in [1.54, 1.807) is 12.1 Å². The molecule has 1 aromatic rings. The molecule has 1 fully saturated rings. The molecule has 1 aliphatic rings. The first-order valence-corrected chi connectivity index (χ1v) is 7.08. The third-order valence-electron chi connectivity index (χ3n) is 3.71. The summed E-state index contributed by atoms with van der Waals surface area (Å²) in [6.45, 7) is 0. The zero-order valence-corrected chi connectivity index (χ0v) is 13.0. The van der Waals surface area contributed by atoms with Gasteiger partial charge in [0.2, 0.25) is 0 Å². The molecule has 2 rings (SSSR count). The predicted molar refractivity (Wildman–Crippen MR) is 81.5 cm³/mol. The maximum atomic E-state index is 10.9. The van der Waals surface area contributed by atoms with E-state index in [9.17, 15) is 10.1 Å². The second-order valence-corrected chi connectivity index (χ2v) is 5.75. The number of benzene rings is 1. The Morgan fingerprint density at radius 1 is 1.32 bits per heavy atom. The zero-order valence-electron chi connectivity index (χ0n) is 10.5. The van der Waals surface area contributed by atoms with E-state index in [1.807, 2.05) is 6.07 Å². The van der Waals surface area contributed by atoms with Crippen LogP contribution in [0.15, 0.2) is 22.7 Å². The molecule has 1 aliphatic carbocycles. The highest BCUT2D eigenvalue weighted by molar-refractivity contribution is 9.10. The van der Waals surface area contributed by atoms with Crippen LogP contribution in [0.5, 0.6) is 0 Å². The van der Waals surface area contributed by atoms with E-state index in [4.69, 9.17) is 5.73 Å². The summed E-state index contributed by atoms with van der Waals surface area (Å²) in [5.74, 6) is 0.458. The first kappa shape index (κ1) is 16.4. The molecule has 0 bridgehead atoms. The number of nitro groups is 1. The van der Waals surface area contributed by atoms with Gasteiger partial charge < -0.3 is 5.73 Å². The second kappa shape index (κ2) is 7.22. The first-order valence-electron chi connectivity index (χ1n) is 6.29. The van der Waals surface area contributed by atoms with E-state index in [2.05, 4.69) is 15.9 Å². The fraction of sp³-hybridized carbons (Fsp3) is 0.538. The normalized spacial score (nSPS) is 17.6. The lowest BCUT2D eigenvalue weighted by molar-refractivity contribution is -0.385. The molecular weight excluding hydrogens is 332 g/mol. The maximum absolute atomic E-state index is 10.9. The molecular formula is C13H18BrClN2O2. The van der Waals surface area contributed by atoms with Crippen molar-refractivity contribution in [3.8, 4) is 0 Å². The van der Waals surface area contributed by atoms with Crippen molar-refractivity contribution in [2.75, 3.05) is 0 Å². The summed E-state index contributed by atoms with van der Waals surface area (Å²) in [5.41, 5.74) is 7.22.